The molecular formula is C8H10F3N3O2. The second kappa shape index (κ2) is 4.52. The number of hydrogen-bond donors (Lipinski definition) is 2. The van der Waals surface area contributed by atoms with E-state index in [9.17, 15) is 18.0 Å². The van der Waals surface area contributed by atoms with E-state index in [-0.39, 0.29) is 5.69 Å². The number of imidazole rings is 1. The molecule has 0 bridgehead atoms. The number of nitrogens with one attached hydrogen (secondary N) is 1. The largest absolute Gasteiger partial charge is 0.480 e. The second-order valence-electron chi connectivity index (χ2n) is 3.20. The van der Waals surface area contributed by atoms with Crippen LogP contribution in [0.4, 0.5) is 13.2 Å². The fourth-order valence-corrected chi connectivity index (χ4v) is 1.18. The highest BCUT2D eigenvalue weighted by atomic mass is 19.4. The molecule has 1 aromatic heterocycles. The predicted octanol–water partition coefficient (Wildman–Crippen LogP) is 0.698. The van der Waals surface area contributed by atoms with Gasteiger partial charge in [0, 0.05) is 7.05 Å². The van der Waals surface area contributed by atoms with Crippen LogP contribution in [0.3, 0.4) is 0 Å². The number of hydrogen-bond acceptors (Lipinski definition) is 3. The molecule has 16 heavy (non-hydrogen) atoms. The fourth-order valence-electron chi connectivity index (χ4n) is 1.18. The van der Waals surface area contributed by atoms with E-state index in [2.05, 4.69) is 4.98 Å². The van der Waals surface area contributed by atoms with Crippen molar-refractivity contribution in [3.63, 3.8) is 0 Å². The number of aromatic nitrogens is 2. The first kappa shape index (κ1) is 12.5. The number of carboxylic acids is 1. The summed E-state index contributed by atoms with van der Waals surface area (Å²) in [5.41, 5.74) is 0.164. The van der Waals surface area contributed by atoms with E-state index in [0.717, 1.165) is 0 Å². The summed E-state index contributed by atoms with van der Waals surface area (Å²) in [6.45, 7) is -1.37. The third-order valence-electron chi connectivity index (χ3n) is 1.90. The molecule has 0 spiro atoms. The molecule has 0 aliphatic heterocycles. The summed E-state index contributed by atoms with van der Waals surface area (Å²) in [4.78, 5) is 14.4. The van der Waals surface area contributed by atoms with Crippen molar-refractivity contribution < 1.29 is 23.1 Å². The number of nitrogens with zero attached hydrogens (tertiary/aromatic N) is 2. The van der Waals surface area contributed by atoms with Gasteiger partial charge in [0.1, 0.15) is 6.04 Å². The molecule has 0 aliphatic rings. The van der Waals surface area contributed by atoms with Crippen molar-refractivity contribution in [2.45, 2.75) is 12.2 Å². The standard InChI is InChI=1S/C8H10F3N3O2/c1-14-4-12-2-5(14)6(7(15)16)13-3-8(9,10)11/h2,4,6,13H,3H2,1H3,(H,15,16). The number of alkyl halides is 3. The molecule has 0 aromatic carbocycles. The van der Waals surface area contributed by atoms with Crippen LogP contribution in [0.15, 0.2) is 12.5 Å². The van der Waals surface area contributed by atoms with Crippen LogP contribution in [-0.2, 0) is 11.8 Å². The minimum atomic E-state index is -4.45. The van der Waals surface area contributed by atoms with E-state index in [1.54, 1.807) is 0 Å². The smallest absolute Gasteiger partial charge is 0.401 e. The minimum absolute atomic E-state index is 0.164. The van der Waals surface area contributed by atoms with E-state index >= 15 is 0 Å². The average molecular weight is 237 g/mol. The molecule has 0 aliphatic carbocycles. The fraction of sp³-hybridized carbons (Fsp3) is 0.500. The molecule has 0 amide bonds. The second-order valence-corrected chi connectivity index (χ2v) is 3.20. The maximum Gasteiger partial charge on any atom is 0.401 e. The van der Waals surface area contributed by atoms with Gasteiger partial charge in [0.05, 0.1) is 24.8 Å². The van der Waals surface area contributed by atoms with Crippen LogP contribution in [-0.4, -0.2) is 33.3 Å². The lowest BCUT2D eigenvalue weighted by Crippen LogP contribution is -2.36. The number of rotatable bonds is 4. The molecule has 90 valence electrons. The zero-order valence-electron chi connectivity index (χ0n) is 8.32. The Morgan fingerprint density at radius 1 is 1.69 bits per heavy atom. The Bertz CT molecular complexity index is 375. The van der Waals surface area contributed by atoms with Crippen LogP contribution in [0.2, 0.25) is 0 Å². The molecule has 2 N–H and O–H groups in total. The molecule has 1 atom stereocenters. The summed E-state index contributed by atoms with van der Waals surface area (Å²) in [6.07, 6.45) is -1.92. The molecule has 1 aromatic rings. The molecule has 1 unspecified atom stereocenters. The zero-order chi connectivity index (χ0) is 12.3. The molecule has 1 heterocycles. The Hall–Kier alpha value is -1.57. The van der Waals surface area contributed by atoms with Crippen molar-refractivity contribution >= 4 is 5.97 Å². The van der Waals surface area contributed by atoms with E-state index in [1.807, 2.05) is 5.32 Å². The van der Waals surface area contributed by atoms with Crippen LogP contribution >= 0.6 is 0 Å². The highest BCUT2D eigenvalue weighted by Gasteiger charge is 2.31. The number of aryl methyl sites for hydroxylation is 1. The third kappa shape index (κ3) is 3.23. The van der Waals surface area contributed by atoms with Gasteiger partial charge in [-0.2, -0.15) is 13.2 Å². The van der Waals surface area contributed by atoms with Gasteiger partial charge < -0.3 is 9.67 Å². The summed E-state index contributed by atoms with van der Waals surface area (Å²) >= 11 is 0. The first-order chi connectivity index (χ1) is 7.31. The molecule has 5 nitrogen and oxygen atoms in total. The molecular weight excluding hydrogens is 227 g/mol. The van der Waals surface area contributed by atoms with Gasteiger partial charge in [-0.25, -0.2) is 4.98 Å². The summed E-state index contributed by atoms with van der Waals surface area (Å²) in [5.74, 6) is -1.38. The summed E-state index contributed by atoms with van der Waals surface area (Å²) in [6, 6.07) is -1.42. The van der Waals surface area contributed by atoms with Gasteiger partial charge in [-0.1, -0.05) is 0 Å². The van der Waals surface area contributed by atoms with Crippen molar-refractivity contribution in [3.8, 4) is 0 Å². The van der Waals surface area contributed by atoms with Crippen LogP contribution < -0.4 is 5.32 Å². The van der Waals surface area contributed by atoms with Crippen LogP contribution in [0, 0.1) is 0 Å². The number of aliphatic carboxylic acids is 1. The lowest BCUT2D eigenvalue weighted by atomic mass is 10.2. The Morgan fingerprint density at radius 3 is 2.69 bits per heavy atom. The van der Waals surface area contributed by atoms with E-state index < -0.39 is 24.7 Å². The van der Waals surface area contributed by atoms with E-state index in [4.69, 9.17) is 5.11 Å². The SMILES string of the molecule is Cn1cncc1C(NCC(F)(F)F)C(=O)O. The Balaban J connectivity index is 2.78. The van der Waals surface area contributed by atoms with Crippen molar-refractivity contribution in [3.05, 3.63) is 18.2 Å². The molecule has 0 saturated carbocycles. The monoisotopic (exact) mass is 237 g/mol. The maximum atomic E-state index is 11.9. The number of halogens is 3. The minimum Gasteiger partial charge on any atom is -0.480 e. The first-order valence-electron chi connectivity index (χ1n) is 4.30. The van der Waals surface area contributed by atoms with Crippen molar-refractivity contribution in [1.29, 1.82) is 0 Å². The van der Waals surface area contributed by atoms with E-state index in [1.165, 1.54) is 24.1 Å². The Kier molecular flexibility index (Phi) is 3.53. The van der Waals surface area contributed by atoms with Crippen molar-refractivity contribution in [2.24, 2.45) is 7.05 Å². The predicted molar refractivity (Wildman–Crippen MR) is 47.6 cm³/mol. The quantitative estimate of drug-likeness (QED) is 0.808. The van der Waals surface area contributed by atoms with Gasteiger partial charge in [-0.05, 0) is 0 Å². The number of carboxylic acid groups (broad SMARTS) is 1. The topological polar surface area (TPSA) is 67.2 Å². The normalized spacial score (nSPS) is 13.8. The molecule has 1 rings (SSSR count). The average Bonchev–Trinajstić information content (AvgIpc) is 2.50. The van der Waals surface area contributed by atoms with Gasteiger partial charge in [-0.15, -0.1) is 0 Å². The molecule has 0 radical (unpaired) electrons. The third-order valence-corrected chi connectivity index (χ3v) is 1.90. The van der Waals surface area contributed by atoms with Gasteiger partial charge in [0.25, 0.3) is 0 Å². The van der Waals surface area contributed by atoms with Gasteiger partial charge in [-0.3, -0.25) is 10.1 Å². The lowest BCUT2D eigenvalue weighted by Gasteiger charge is -2.16. The van der Waals surface area contributed by atoms with Gasteiger partial charge in [0.2, 0.25) is 0 Å². The zero-order valence-corrected chi connectivity index (χ0v) is 8.32. The van der Waals surface area contributed by atoms with Crippen LogP contribution in [0.25, 0.3) is 0 Å². The van der Waals surface area contributed by atoms with Crippen molar-refractivity contribution in [1.82, 2.24) is 14.9 Å². The van der Waals surface area contributed by atoms with Crippen molar-refractivity contribution in [2.75, 3.05) is 6.54 Å². The van der Waals surface area contributed by atoms with Gasteiger partial charge in [0.15, 0.2) is 0 Å². The Morgan fingerprint density at radius 2 is 2.31 bits per heavy atom. The van der Waals surface area contributed by atoms with Crippen LogP contribution in [0.5, 0.6) is 0 Å². The summed E-state index contributed by atoms with van der Waals surface area (Å²) < 4.78 is 37.2. The molecule has 0 saturated heterocycles. The summed E-state index contributed by atoms with van der Waals surface area (Å²) in [5, 5.41) is 10.7. The number of carbonyl (C=O) groups is 1. The lowest BCUT2D eigenvalue weighted by molar-refractivity contribution is -0.143. The molecule has 8 heteroatoms. The Labute approximate surface area is 88.9 Å². The highest BCUT2D eigenvalue weighted by molar-refractivity contribution is 5.74. The maximum absolute atomic E-state index is 11.9. The van der Waals surface area contributed by atoms with Gasteiger partial charge >= 0.3 is 12.1 Å². The first-order valence-corrected chi connectivity index (χ1v) is 4.30. The highest BCUT2D eigenvalue weighted by Crippen LogP contribution is 2.17. The van der Waals surface area contributed by atoms with Crippen LogP contribution in [0.1, 0.15) is 11.7 Å². The summed E-state index contributed by atoms with van der Waals surface area (Å²) in [7, 11) is 1.51. The van der Waals surface area contributed by atoms with E-state index in [0.29, 0.717) is 0 Å². The molecule has 0 fully saturated rings.